The molecule has 1 aromatic heterocycles. The molecule has 2 nitrogen and oxygen atoms in total. The predicted octanol–water partition coefficient (Wildman–Crippen LogP) is 17.6. The van der Waals surface area contributed by atoms with E-state index in [0.717, 1.165) is 18.6 Å². The van der Waals surface area contributed by atoms with Crippen molar-refractivity contribution in [3.8, 4) is 44.5 Å². The third-order valence-electron chi connectivity index (χ3n) is 15.8. The van der Waals surface area contributed by atoms with E-state index >= 15 is 0 Å². The smallest absolute Gasteiger partial charge is 0.247 e. The molecule has 1 aliphatic carbocycles. The number of hydrogen-bond donors (Lipinski definition) is 0. The minimum Gasteiger partial charge on any atom is -0.335 e. The molecule has 0 saturated carbocycles. The summed E-state index contributed by atoms with van der Waals surface area (Å²) in [6.45, 7) is 16.6. The Bertz CT molecular complexity index is 3700. The summed E-state index contributed by atoms with van der Waals surface area (Å²) in [5, 5.41) is 3.52. The van der Waals surface area contributed by atoms with Crippen molar-refractivity contribution in [3.63, 3.8) is 0 Å². The first kappa shape index (κ1) is 45.1. The molecule has 1 unspecified atom stereocenters. The Balaban J connectivity index is 1.10. The van der Waals surface area contributed by atoms with Crippen LogP contribution in [0.25, 0.3) is 54.6 Å². The Morgan fingerprint density at radius 2 is 1.22 bits per heavy atom. The molecule has 8 aromatic carbocycles. The highest BCUT2D eigenvalue weighted by atomic mass is 32.2. The van der Waals surface area contributed by atoms with E-state index in [1.807, 2.05) is 23.1 Å². The summed E-state index contributed by atoms with van der Waals surface area (Å²) in [5.74, 6) is 1.14. The quantitative estimate of drug-likeness (QED) is 0.153. The van der Waals surface area contributed by atoms with Crippen molar-refractivity contribution in [2.24, 2.45) is 5.41 Å². The lowest BCUT2D eigenvalue weighted by atomic mass is 9.31. The summed E-state index contributed by atoms with van der Waals surface area (Å²) in [4.78, 5) is 6.83. The minimum absolute atomic E-state index is 0.0132. The normalized spacial score (nSPS) is 16.0. The van der Waals surface area contributed by atoms with Crippen molar-refractivity contribution >= 4 is 79.3 Å². The summed E-state index contributed by atoms with van der Waals surface area (Å²) in [5.41, 5.74) is 26.0. The molecule has 0 amide bonds. The number of thioether (sulfide) groups is 1. The third-order valence-corrected chi connectivity index (χ3v) is 17.8. The molecule has 9 aromatic rings. The number of fused-ring (bicyclic) bond motifs is 6. The van der Waals surface area contributed by atoms with Gasteiger partial charge in [0, 0.05) is 54.6 Å². The molecule has 0 fully saturated rings. The van der Waals surface area contributed by atoms with Crippen LogP contribution < -0.4 is 20.7 Å². The van der Waals surface area contributed by atoms with Crippen LogP contribution in [0.4, 0.5) is 28.4 Å². The number of rotatable bonds is 6. The van der Waals surface area contributed by atoms with Crippen LogP contribution in [-0.4, -0.2) is 18.5 Å². The second-order valence-corrected chi connectivity index (χ2v) is 24.5. The van der Waals surface area contributed by atoms with E-state index in [-0.39, 0.29) is 23.6 Å². The summed E-state index contributed by atoms with van der Waals surface area (Å²) < 4.78 is 1.31. The number of allylic oxidation sites excluding steroid dienone is 2. The van der Waals surface area contributed by atoms with Crippen molar-refractivity contribution in [1.29, 1.82) is 0 Å². The second-order valence-electron chi connectivity index (χ2n) is 22.4. The van der Waals surface area contributed by atoms with Gasteiger partial charge in [-0.1, -0.05) is 168 Å². The maximum atomic E-state index is 2.76. The van der Waals surface area contributed by atoms with Crippen LogP contribution >= 0.6 is 23.1 Å². The molecular weight excluding hydrogens is 908 g/mol. The van der Waals surface area contributed by atoms with Gasteiger partial charge in [-0.25, -0.2) is 0 Å². The SMILES string of the molecule is Cc1cc2c3c(c1)N(c1ccc(-c4cccc5c4CCS5)cc1-c1ccccc1)C1CC=C(C(C)(C)C)C=C1B3c1cc(C(C)(C)C)ccc1N2c1ccc(-c2cccc3sccc23)cc1-c1ccccc1. The molecule has 0 radical (unpaired) electrons. The summed E-state index contributed by atoms with van der Waals surface area (Å²) in [6, 6.07) is 65.3. The number of thiophene rings is 1. The number of nitrogens with zero attached hydrogens (tertiary/aromatic N) is 2. The van der Waals surface area contributed by atoms with E-state index in [0.29, 0.717) is 0 Å². The molecule has 72 heavy (non-hydrogen) atoms. The van der Waals surface area contributed by atoms with Gasteiger partial charge in [0.15, 0.2) is 0 Å². The third kappa shape index (κ3) is 7.45. The van der Waals surface area contributed by atoms with Gasteiger partial charge >= 0.3 is 0 Å². The molecule has 0 bridgehead atoms. The van der Waals surface area contributed by atoms with Gasteiger partial charge in [-0.05, 0) is 163 Å². The highest BCUT2D eigenvalue weighted by Crippen LogP contribution is 2.52. The highest BCUT2D eigenvalue weighted by molar-refractivity contribution is 7.99. The van der Waals surface area contributed by atoms with E-state index in [1.54, 1.807) is 0 Å². The van der Waals surface area contributed by atoms with Crippen molar-refractivity contribution in [3.05, 3.63) is 215 Å². The first-order valence-electron chi connectivity index (χ1n) is 25.8. The molecule has 0 saturated heterocycles. The zero-order valence-corrected chi connectivity index (χ0v) is 44.0. The van der Waals surface area contributed by atoms with Crippen LogP contribution in [0.5, 0.6) is 0 Å². The van der Waals surface area contributed by atoms with Crippen LogP contribution in [0, 0.1) is 12.3 Å². The van der Waals surface area contributed by atoms with Crippen LogP contribution in [0.15, 0.2) is 203 Å². The molecule has 352 valence electrons. The standard InChI is InChI=1S/C67H59BN2S2/c1-42-36-61-65-62(37-42)70(58-29-25-46(39-54(58)44-18-12-9-13-19-44)50-21-15-23-64-52(50)33-35-72-64)60-31-27-48(67(5,6)7)41-56(60)68(65)55-40-47(66(2,3)4)26-30-59(55)69(61)57-28-24-45(38-53(57)43-16-10-8-11-17-43)49-20-14-22-63-51(49)32-34-71-63/h8-30,32,34,36-41,60H,31,33,35H2,1-7H3. The van der Waals surface area contributed by atoms with Gasteiger partial charge < -0.3 is 9.80 Å². The van der Waals surface area contributed by atoms with E-state index in [9.17, 15) is 0 Å². The zero-order valence-electron chi connectivity index (χ0n) is 42.4. The Morgan fingerprint density at radius 1 is 0.556 bits per heavy atom. The summed E-state index contributed by atoms with van der Waals surface area (Å²) >= 11 is 3.80. The molecule has 5 heteroatoms. The van der Waals surface area contributed by atoms with Crippen molar-refractivity contribution in [1.82, 2.24) is 0 Å². The Kier molecular flexibility index (Phi) is 10.8. The van der Waals surface area contributed by atoms with Crippen molar-refractivity contribution < 1.29 is 0 Å². The van der Waals surface area contributed by atoms with E-state index in [1.165, 1.54) is 127 Å². The lowest BCUT2D eigenvalue weighted by Gasteiger charge is -2.50. The van der Waals surface area contributed by atoms with Crippen molar-refractivity contribution in [2.45, 2.75) is 77.7 Å². The van der Waals surface area contributed by atoms with Gasteiger partial charge in [0.1, 0.15) is 0 Å². The fourth-order valence-corrected chi connectivity index (χ4v) is 14.2. The van der Waals surface area contributed by atoms with E-state index < -0.39 is 0 Å². The van der Waals surface area contributed by atoms with Gasteiger partial charge in [-0.2, -0.15) is 0 Å². The lowest BCUT2D eigenvalue weighted by molar-refractivity contribution is 0.509. The first-order valence-corrected chi connectivity index (χ1v) is 27.7. The number of anilines is 5. The molecule has 1 atom stereocenters. The molecular formula is C67H59BN2S2. The highest BCUT2D eigenvalue weighted by Gasteiger charge is 2.48. The van der Waals surface area contributed by atoms with E-state index in [4.69, 9.17) is 0 Å². The van der Waals surface area contributed by atoms with Crippen LogP contribution in [0.2, 0.25) is 0 Å². The van der Waals surface area contributed by atoms with Gasteiger partial charge in [0.05, 0.1) is 11.7 Å². The average Bonchev–Trinajstić information content (AvgIpc) is 4.09. The number of benzene rings is 8. The Hall–Kier alpha value is -6.79. The molecule has 4 heterocycles. The molecule has 0 spiro atoms. The zero-order chi connectivity index (χ0) is 49.0. The topological polar surface area (TPSA) is 6.48 Å². The van der Waals surface area contributed by atoms with Gasteiger partial charge in [-0.15, -0.1) is 23.1 Å². The second kappa shape index (κ2) is 17.2. The maximum absolute atomic E-state index is 2.76. The van der Waals surface area contributed by atoms with Crippen LogP contribution in [0.3, 0.4) is 0 Å². The van der Waals surface area contributed by atoms with Crippen molar-refractivity contribution in [2.75, 3.05) is 15.6 Å². The fraction of sp³-hybridized carbons (Fsp3) is 0.194. The van der Waals surface area contributed by atoms with Crippen LogP contribution in [0.1, 0.15) is 64.7 Å². The number of aryl methyl sites for hydroxylation is 1. The largest absolute Gasteiger partial charge is 0.335 e. The van der Waals surface area contributed by atoms with Gasteiger partial charge in [0.2, 0.25) is 6.71 Å². The lowest BCUT2D eigenvalue weighted by Crippen LogP contribution is -2.61. The Morgan fingerprint density at radius 3 is 1.96 bits per heavy atom. The average molecular weight is 967 g/mol. The van der Waals surface area contributed by atoms with Gasteiger partial charge in [0.25, 0.3) is 0 Å². The molecule has 13 rings (SSSR count). The number of hydrogen-bond acceptors (Lipinski definition) is 4. The molecule has 4 aliphatic rings. The minimum atomic E-state index is -0.0445. The molecule has 3 aliphatic heterocycles. The maximum Gasteiger partial charge on any atom is 0.247 e. The molecule has 0 N–H and O–H groups in total. The summed E-state index contributed by atoms with van der Waals surface area (Å²) in [7, 11) is 0. The van der Waals surface area contributed by atoms with Gasteiger partial charge in [-0.3, -0.25) is 0 Å². The predicted molar refractivity (Wildman–Crippen MR) is 314 cm³/mol. The van der Waals surface area contributed by atoms with E-state index in [2.05, 4.69) is 246 Å². The monoisotopic (exact) mass is 966 g/mol. The summed E-state index contributed by atoms with van der Waals surface area (Å²) in [6.07, 6.45) is 7.20. The van der Waals surface area contributed by atoms with Crippen LogP contribution in [-0.2, 0) is 11.8 Å². The Labute approximate surface area is 434 Å². The fourth-order valence-electron chi connectivity index (χ4n) is 12.3. The first-order chi connectivity index (χ1) is 34.9.